The highest BCUT2D eigenvalue weighted by Crippen LogP contribution is 2.18. The number of amides is 1. The minimum atomic E-state index is -0.619. The number of carbonyl (C=O) groups excluding carboxylic acids is 2. The first-order valence-corrected chi connectivity index (χ1v) is 8.96. The molecule has 0 saturated carbocycles. The molecule has 3 rings (SSSR count). The van der Waals surface area contributed by atoms with Crippen LogP contribution in [0.5, 0.6) is 5.75 Å². The zero-order valence-electron chi connectivity index (χ0n) is 15.5. The minimum Gasteiger partial charge on any atom is -0.491 e. The van der Waals surface area contributed by atoms with E-state index in [1.54, 1.807) is 23.2 Å². The molecule has 1 aromatic carbocycles. The van der Waals surface area contributed by atoms with Crippen molar-refractivity contribution in [1.82, 2.24) is 9.88 Å². The van der Waals surface area contributed by atoms with Gasteiger partial charge in [0.25, 0.3) is 0 Å². The van der Waals surface area contributed by atoms with E-state index in [0.717, 1.165) is 0 Å². The number of hydrogen-bond acceptors (Lipinski definition) is 5. The maximum Gasteiger partial charge on any atom is 0.246 e. The van der Waals surface area contributed by atoms with E-state index in [0.29, 0.717) is 31.1 Å². The Morgan fingerprint density at radius 1 is 1.36 bits per heavy atom. The molecule has 1 fully saturated rings. The third kappa shape index (κ3) is 5.23. The first kappa shape index (κ1) is 19.7. The molecule has 1 aliphatic rings. The monoisotopic (exact) mass is 384 g/mol. The van der Waals surface area contributed by atoms with Gasteiger partial charge in [0.05, 0.1) is 24.4 Å². The lowest BCUT2D eigenvalue weighted by Crippen LogP contribution is -2.47. The lowest BCUT2D eigenvalue weighted by atomic mass is 10.1. The van der Waals surface area contributed by atoms with Crippen molar-refractivity contribution in [2.45, 2.75) is 13.0 Å². The number of ketones is 1. The Labute approximate surface area is 162 Å². The molecule has 2 aromatic rings. The number of benzene rings is 1. The van der Waals surface area contributed by atoms with Crippen LogP contribution in [0.1, 0.15) is 23.0 Å². The number of hydrogen-bond donors (Lipinski definition) is 0. The molecule has 0 bridgehead atoms. The summed E-state index contributed by atoms with van der Waals surface area (Å²) in [6, 6.07) is 9.60. The van der Waals surface area contributed by atoms with E-state index >= 15 is 0 Å². The van der Waals surface area contributed by atoms with E-state index in [4.69, 9.17) is 9.47 Å². The Morgan fingerprint density at radius 3 is 2.93 bits per heavy atom. The Hall–Kier alpha value is -3.06. The van der Waals surface area contributed by atoms with Gasteiger partial charge in [-0.3, -0.25) is 14.6 Å². The number of aromatic nitrogens is 1. The Bertz CT molecular complexity index is 870. The summed E-state index contributed by atoms with van der Waals surface area (Å²) in [5, 5.41) is 0. The predicted octanol–water partition coefficient (Wildman–Crippen LogP) is 2.74. The van der Waals surface area contributed by atoms with Crippen LogP contribution < -0.4 is 4.74 Å². The van der Waals surface area contributed by atoms with Crippen LogP contribution in [0.15, 0.2) is 48.7 Å². The number of carbonyl (C=O) groups is 2. The van der Waals surface area contributed by atoms with Gasteiger partial charge in [0.2, 0.25) is 5.91 Å². The lowest BCUT2D eigenvalue weighted by Gasteiger charge is -2.32. The number of Topliss-reactive ketones (excluding diaryl/α,β-unsaturated/α-hetero) is 1. The number of ether oxygens (including phenoxy) is 2. The van der Waals surface area contributed by atoms with Crippen molar-refractivity contribution in [2.75, 3.05) is 26.3 Å². The average Bonchev–Trinajstić information content (AvgIpc) is 2.71. The number of morpholine rings is 1. The van der Waals surface area contributed by atoms with Crippen LogP contribution in [0.3, 0.4) is 0 Å². The summed E-state index contributed by atoms with van der Waals surface area (Å²) in [5.74, 6) is -0.779. The van der Waals surface area contributed by atoms with E-state index in [1.165, 1.54) is 25.1 Å². The molecule has 2 heterocycles. The molecule has 7 heteroatoms. The molecule has 0 aliphatic carbocycles. The van der Waals surface area contributed by atoms with Crippen LogP contribution in [0, 0.1) is 5.82 Å². The van der Waals surface area contributed by atoms with Gasteiger partial charge in [-0.25, -0.2) is 4.39 Å². The summed E-state index contributed by atoms with van der Waals surface area (Å²) in [6.07, 6.45) is 4.50. The minimum absolute atomic E-state index is 0.0257. The van der Waals surface area contributed by atoms with Crippen LogP contribution >= 0.6 is 0 Å². The van der Waals surface area contributed by atoms with Crippen LogP contribution in [0.2, 0.25) is 0 Å². The van der Waals surface area contributed by atoms with E-state index in [9.17, 15) is 14.0 Å². The normalized spacial score (nSPS) is 16.9. The largest absolute Gasteiger partial charge is 0.491 e. The van der Waals surface area contributed by atoms with Crippen LogP contribution in [-0.4, -0.2) is 54.0 Å². The molecule has 0 radical (unpaired) electrons. The van der Waals surface area contributed by atoms with Crippen molar-refractivity contribution in [3.8, 4) is 5.75 Å². The number of nitrogens with zero attached hydrogens (tertiary/aromatic N) is 2. The fraction of sp³-hybridized carbons (Fsp3) is 0.286. The summed E-state index contributed by atoms with van der Waals surface area (Å²) in [4.78, 5) is 29.5. The molecule has 1 saturated heterocycles. The highest BCUT2D eigenvalue weighted by atomic mass is 19.1. The van der Waals surface area contributed by atoms with Gasteiger partial charge < -0.3 is 14.4 Å². The Balaban J connectivity index is 1.53. The molecular formula is C21H21FN2O4. The van der Waals surface area contributed by atoms with Crippen molar-refractivity contribution in [3.63, 3.8) is 0 Å². The summed E-state index contributed by atoms with van der Waals surface area (Å²) < 4.78 is 25.1. The van der Waals surface area contributed by atoms with Gasteiger partial charge in [-0.15, -0.1) is 0 Å². The molecular weight excluding hydrogens is 363 g/mol. The third-order valence-electron chi connectivity index (χ3n) is 4.29. The highest BCUT2D eigenvalue weighted by molar-refractivity contribution is 5.94. The van der Waals surface area contributed by atoms with Crippen LogP contribution in [-0.2, 0) is 9.53 Å². The lowest BCUT2D eigenvalue weighted by molar-refractivity contribution is -0.134. The summed E-state index contributed by atoms with van der Waals surface area (Å²) >= 11 is 0. The summed E-state index contributed by atoms with van der Waals surface area (Å²) in [6.45, 7) is 2.74. The maximum absolute atomic E-state index is 13.9. The summed E-state index contributed by atoms with van der Waals surface area (Å²) in [5.41, 5.74) is 0.734. The second-order valence-electron chi connectivity index (χ2n) is 6.37. The molecule has 1 unspecified atom stereocenters. The van der Waals surface area contributed by atoms with Crippen molar-refractivity contribution < 1.29 is 23.5 Å². The first-order chi connectivity index (χ1) is 13.5. The quantitative estimate of drug-likeness (QED) is 0.566. The first-order valence-electron chi connectivity index (χ1n) is 8.96. The number of pyridine rings is 1. The van der Waals surface area contributed by atoms with Crippen molar-refractivity contribution in [1.29, 1.82) is 0 Å². The second kappa shape index (κ2) is 9.23. The smallest absolute Gasteiger partial charge is 0.246 e. The van der Waals surface area contributed by atoms with E-state index in [1.807, 2.05) is 18.2 Å². The Kier molecular flexibility index (Phi) is 6.49. The molecule has 0 spiro atoms. The van der Waals surface area contributed by atoms with Gasteiger partial charge in [-0.2, -0.15) is 0 Å². The maximum atomic E-state index is 13.9. The zero-order chi connectivity index (χ0) is 19.9. The van der Waals surface area contributed by atoms with E-state index < -0.39 is 5.82 Å². The molecule has 6 nitrogen and oxygen atoms in total. The van der Waals surface area contributed by atoms with Gasteiger partial charge in [0.1, 0.15) is 24.3 Å². The molecule has 146 valence electrons. The van der Waals surface area contributed by atoms with Crippen molar-refractivity contribution in [2.24, 2.45) is 0 Å². The number of halogens is 1. The van der Waals surface area contributed by atoms with Crippen LogP contribution in [0.4, 0.5) is 4.39 Å². The van der Waals surface area contributed by atoms with Gasteiger partial charge >= 0.3 is 0 Å². The average molecular weight is 384 g/mol. The van der Waals surface area contributed by atoms with Crippen molar-refractivity contribution in [3.05, 3.63) is 65.7 Å². The van der Waals surface area contributed by atoms with Crippen molar-refractivity contribution >= 4 is 17.8 Å². The van der Waals surface area contributed by atoms with Gasteiger partial charge in [-0.1, -0.05) is 6.07 Å². The van der Waals surface area contributed by atoms with E-state index in [-0.39, 0.29) is 30.0 Å². The topological polar surface area (TPSA) is 68.7 Å². The number of rotatable bonds is 6. The SMILES string of the molecule is CC(=O)c1ccc(OCC2CN(C(=O)/C=C/c3ccccn3)CCO2)cc1F. The predicted molar refractivity (Wildman–Crippen MR) is 101 cm³/mol. The fourth-order valence-corrected chi connectivity index (χ4v) is 2.82. The molecule has 1 atom stereocenters. The molecule has 1 amide bonds. The Morgan fingerprint density at radius 2 is 2.21 bits per heavy atom. The van der Waals surface area contributed by atoms with Gasteiger partial charge in [-0.05, 0) is 37.3 Å². The fourth-order valence-electron chi connectivity index (χ4n) is 2.82. The van der Waals surface area contributed by atoms with Crippen LogP contribution in [0.25, 0.3) is 6.08 Å². The molecule has 1 aromatic heterocycles. The molecule has 0 N–H and O–H groups in total. The second-order valence-corrected chi connectivity index (χ2v) is 6.37. The zero-order valence-corrected chi connectivity index (χ0v) is 15.5. The molecule has 1 aliphatic heterocycles. The van der Waals surface area contributed by atoms with Gasteiger partial charge in [0, 0.05) is 24.9 Å². The summed E-state index contributed by atoms with van der Waals surface area (Å²) in [7, 11) is 0. The highest BCUT2D eigenvalue weighted by Gasteiger charge is 2.23. The molecule has 28 heavy (non-hydrogen) atoms. The van der Waals surface area contributed by atoms with E-state index in [2.05, 4.69) is 4.98 Å². The third-order valence-corrected chi connectivity index (χ3v) is 4.29. The van der Waals surface area contributed by atoms with Gasteiger partial charge in [0.15, 0.2) is 5.78 Å². The standard InChI is InChI=1S/C21H21FN2O4/c1-15(25)19-7-6-17(12-20(19)22)28-14-18-13-24(10-11-27-18)21(26)8-5-16-4-2-3-9-23-16/h2-9,12,18H,10-11,13-14H2,1H3/b8-5+.